The van der Waals surface area contributed by atoms with E-state index in [-0.39, 0.29) is 17.0 Å². The molecule has 0 aliphatic rings. The maximum absolute atomic E-state index is 12.0. The maximum Gasteiger partial charge on any atom is 0.335 e. The van der Waals surface area contributed by atoms with Crippen LogP contribution in [0.4, 0.5) is 0 Å². The number of H-pyrrole nitrogens is 1. The van der Waals surface area contributed by atoms with Crippen molar-refractivity contribution in [3.63, 3.8) is 0 Å². The Labute approximate surface area is 112 Å². The molecule has 2 aromatic carbocycles. The largest absolute Gasteiger partial charge is 0.508 e. The highest BCUT2D eigenvalue weighted by Gasteiger charge is 2.11. The van der Waals surface area contributed by atoms with E-state index in [4.69, 9.17) is 5.11 Å². The highest BCUT2D eigenvalue weighted by Crippen LogP contribution is 2.19. The number of nitrogens with one attached hydrogen (secondary N) is 1. The first-order chi connectivity index (χ1) is 9.56. The van der Waals surface area contributed by atoms with Gasteiger partial charge in [-0.25, -0.2) is 9.59 Å². The van der Waals surface area contributed by atoms with Crippen LogP contribution in [0.3, 0.4) is 0 Å². The molecule has 0 amide bonds. The number of aromatic nitrogens is 2. The number of phenolic OH excluding ortho intramolecular Hbond substituents is 1. The fraction of sp³-hybridized carbons (Fsp3) is 0. The third-order valence-electron chi connectivity index (χ3n) is 3.04. The summed E-state index contributed by atoms with van der Waals surface area (Å²) in [5, 5.41) is 18.2. The monoisotopic (exact) mass is 270 g/mol. The number of benzene rings is 2. The number of carbonyl (C=O) groups is 1. The van der Waals surface area contributed by atoms with Crippen molar-refractivity contribution in [3.05, 3.63) is 58.5 Å². The van der Waals surface area contributed by atoms with E-state index < -0.39 is 5.97 Å². The highest BCUT2D eigenvalue weighted by molar-refractivity contribution is 5.92. The van der Waals surface area contributed by atoms with E-state index in [2.05, 4.69) is 4.98 Å². The third kappa shape index (κ3) is 1.83. The summed E-state index contributed by atoms with van der Waals surface area (Å²) in [4.78, 5) is 25.5. The number of nitrogens with zero attached hydrogens (tertiary/aromatic N) is 1. The van der Waals surface area contributed by atoms with Crippen LogP contribution in [0.25, 0.3) is 16.7 Å². The van der Waals surface area contributed by atoms with Crippen molar-refractivity contribution in [2.24, 2.45) is 0 Å². The van der Waals surface area contributed by atoms with Crippen LogP contribution >= 0.6 is 0 Å². The van der Waals surface area contributed by atoms with Crippen molar-refractivity contribution in [1.82, 2.24) is 9.55 Å². The van der Waals surface area contributed by atoms with Crippen molar-refractivity contribution in [2.45, 2.75) is 0 Å². The summed E-state index contributed by atoms with van der Waals surface area (Å²) < 4.78 is 1.42. The van der Waals surface area contributed by atoms with E-state index in [9.17, 15) is 14.7 Å². The van der Waals surface area contributed by atoms with Crippen LogP contribution in [0.5, 0.6) is 5.75 Å². The highest BCUT2D eigenvalue weighted by atomic mass is 16.4. The van der Waals surface area contributed by atoms with E-state index in [1.165, 1.54) is 28.8 Å². The van der Waals surface area contributed by atoms with Gasteiger partial charge in [0.05, 0.1) is 22.3 Å². The van der Waals surface area contributed by atoms with Crippen molar-refractivity contribution >= 4 is 17.0 Å². The van der Waals surface area contributed by atoms with Crippen molar-refractivity contribution in [1.29, 1.82) is 0 Å². The number of phenols is 1. The number of fused-ring (bicyclic) bond motifs is 1. The summed E-state index contributed by atoms with van der Waals surface area (Å²) in [6.45, 7) is 0. The molecular formula is C14H10N2O4. The number of aromatic amines is 1. The number of aromatic carboxylic acids is 1. The molecule has 0 aliphatic heterocycles. The Morgan fingerprint density at radius 1 is 1.10 bits per heavy atom. The molecule has 0 bridgehead atoms. The molecule has 1 aromatic heterocycles. The van der Waals surface area contributed by atoms with Crippen LogP contribution in [0.2, 0.25) is 0 Å². The molecule has 0 aliphatic carbocycles. The van der Waals surface area contributed by atoms with Gasteiger partial charge in [0.2, 0.25) is 0 Å². The summed E-state index contributed by atoms with van der Waals surface area (Å²) in [6, 6.07) is 10.6. The Morgan fingerprint density at radius 3 is 2.45 bits per heavy atom. The maximum atomic E-state index is 12.0. The average molecular weight is 270 g/mol. The van der Waals surface area contributed by atoms with E-state index >= 15 is 0 Å². The first-order valence-electron chi connectivity index (χ1n) is 5.84. The van der Waals surface area contributed by atoms with Gasteiger partial charge < -0.3 is 15.2 Å². The molecule has 0 saturated carbocycles. The standard InChI is InChI=1S/C14H10N2O4/c17-10-4-2-9(3-5-10)16-12-6-1-8(13(18)19)7-11(12)15-14(16)20/h1-7,17H,(H,15,20)(H,18,19). The zero-order valence-corrected chi connectivity index (χ0v) is 10.2. The number of rotatable bonds is 2. The minimum absolute atomic E-state index is 0.106. The second-order valence-electron chi connectivity index (χ2n) is 4.32. The molecule has 3 aromatic rings. The van der Waals surface area contributed by atoms with Gasteiger partial charge in [-0.3, -0.25) is 4.57 Å². The summed E-state index contributed by atoms with van der Waals surface area (Å²) in [5.74, 6) is -0.945. The molecular weight excluding hydrogens is 260 g/mol. The van der Waals surface area contributed by atoms with Gasteiger partial charge in [-0.1, -0.05) is 0 Å². The number of imidazole rings is 1. The molecule has 100 valence electrons. The summed E-state index contributed by atoms with van der Waals surface area (Å²) in [5.41, 5.74) is 1.35. The van der Waals surface area contributed by atoms with E-state index in [1.807, 2.05) is 0 Å². The van der Waals surface area contributed by atoms with Crippen molar-refractivity contribution < 1.29 is 15.0 Å². The number of hydrogen-bond donors (Lipinski definition) is 3. The van der Waals surface area contributed by atoms with Crippen LogP contribution in [0.1, 0.15) is 10.4 Å². The fourth-order valence-electron chi connectivity index (χ4n) is 2.10. The fourth-order valence-corrected chi connectivity index (χ4v) is 2.10. The Hall–Kier alpha value is -3.02. The molecule has 1 heterocycles. The molecule has 0 fully saturated rings. The molecule has 0 atom stereocenters. The minimum Gasteiger partial charge on any atom is -0.508 e. The molecule has 0 saturated heterocycles. The minimum atomic E-state index is -1.05. The summed E-state index contributed by atoms with van der Waals surface area (Å²) >= 11 is 0. The topological polar surface area (TPSA) is 95.3 Å². The Kier molecular flexibility index (Phi) is 2.57. The van der Waals surface area contributed by atoms with E-state index in [1.54, 1.807) is 18.2 Å². The molecule has 3 rings (SSSR count). The molecule has 0 radical (unpaired) electrons. The summed E-state index contributed by atoms with van der Waals surface area (Å²) in [6.07, 6.45) is 0. The Morgan fingerprint density at radius 2 is 1.80 bits per heavy atom. The second-order valence-corrected chi connectivity index (χ2v) is 4.32. The third-order valence-corrected chi connectivity index (χ3v) is 3.04. The van der Waals surface area contributed by atoms with Crippen LogP contribution in [-0.4, -0.2) is 25.7 Å². The number of carboxylic acids is 1. The number of carboxylic acid groups (broad SMARTS) is 1. The lowest BCUT2D eigenvalue weighted by molar-refractivity contribution is 0.0697. The Balaban J connectivity index is 2.26. The van der Waals surface area contributed by atoms with Crippen molar-refractivity contribution in [3.8, 4) is 11.4 Å². The van der Waals surface area contributed by atoms with E-state index in [0.29, 0.717) is 16.7 Å². The molecule has 6 heteroatoms. The molecule has 0 unspecified atom stereocenters. The van der Waals surface area contributed by atoms with Crippen LogP contribution in [-0.2, 0) is 0 Å². The van der Waals surface area contributed by atoms with Gasteiger partial charge in [-0.2, -0.15) is 0 Å². The first kappa shape index (κ1) is 12.0. The van der Waals surface area contributed by atoms with Gasteiger partial charge >= 0.3 is 11.7 Å². The van der Waals surface area contributed by atoms with Gasteiger partial charge in [-0.05, 0) is 42.5 Å². The van der Waals surface area contributed by atoms with Crippen LogP contribution in [0.15, 0.2) is 47.3 Å². The van der Waals surface area contributed by atoms with Gasteiger partial charge in [0, 0.05) is 0 Å². The van der Waals surface area contributed by atoms with Gasteiger partial charge in [0.1, 0.15) is 5.75 Å². The quantitative estimate of drug-likeness (QED) is 0.660. The lowest BCUT2D eigenvalue weighted by atomic mass is 10.2. The molecule has 0 spiro atoms. The smallest absolute Gasteiger partial charge is 0.335 e. The predicted molar refractivity (Wildman–Crippen MR) is 72.5 cm³/mol. The normalized spacial score (nSPS) is 10.8. The molecule has 3 N–H and O–H groups in total. The van der Waals surface area contributed by atoms with Gasteiger partial charge in [0.25, 0.3) is 0 Å². The summed E-state index contributed by atoms with van der Waals surface area (Å²) in [7, 11) is 0. The molecule has 6 nitrogen and oxygen atoms in total. The lowest BCUT2D eigenvalue weighted by Crippen LogP contribution is -2.14. The number of hydrogen-bond acceptors (Lipinski definition) is 3. The SMILES string of the molecule is O=C(O)c1ccc2c(c1)[nH]c(=O)n2-c1ccc(O)cc1. The Bertz CT molecular complexity index is 859. The average Bonchev–Trinajstić information content (AvgIpc) is 2.74. The van der Waals surface area contributed by atoms with Gasteiger partial charge in [-0.15, -0.1) is 0 Å². The van der Waals surface area contributed by atoms with Crippen LogP contribution < -0.4 is 5.69 Å². The van der Waals surface area contributed by atoms with Gasteiger partial charge in [0.15, 0.2) is 0 Å². The zero-order chi connectivity index (χ0) is 14.3. The van der Waals surface area contributed by atoms with Crippen LogP contribution in [0, 0.1) is 0 Å². The lowest BCUT2D eigenvalue weighted by Gasteiger charge is -2.03. The first-order valence-corrected chi connectivity index (χ1v) is 5.84. The predicted octanol–water partition coefficient (Wildman–Crippen LogP) is 1.72. The van der Waals surface area contributed by atoms with Crippen molar-refractivity contribution in [2.75, 3.05) is 0 Å². The van der Waals surface area contributed by atoms with E-state index in [0.717, 1.165) is 0 Å². The zero-order valence-electron chi connectivity index (χ0n) is 10.2. The number of aromatic hydroxyl groups is 1. The second kappa shape index (κ2) is 4.27. The molecule has 20 heavy (non-hydrogen) atoms.